The van der Waals surface area contributed by atoms with E-state index in [2.05, 4.69) is 9.84 Å². The topological polar surface area (TPSA) is 70.1 Å². The van der Waals surface area contributed by atoms with Crippen LogP contribution in [0.2, 0.25) is 0 Å². The van der Waals surface area contributed by atoms with Crippen molar-refractivity contribution in [3.63, 3.8) is 0 Å². The van der Waals surface area contributed by atoms with Gasteiger partial charge in [0.15, 0.2) is 0 Å². The summed E-state index contributed by atoms with van der Waals surface area (Å²) in [5.74, 6) is 0.114. The van der Waals surface area contributed by atoms with Crippen molar-refractivity contribution in [2.75, 3.05) is 12.8 Å². The average Bonchev–Trinajstić information content (AvgIpc) is 2.30. The van der Waals surface area contributed by atoms with Crippen LogP contribution in [0.3, 0.4) is 0 Å². The number of ether oxygens (including phenoxy) is 1. The third-order valence-corrected chi connectivity index (χ3v) is 1.44. The van der Waals surface area contributed by atoms with Gasteiger partial charge in [-0.2, -0.15) is 5.10 Å². The van der Waals surface area contributed by atoms with E-state index in [0.717, 1.165) is 5.69 Å². The highest BCUT2D eigenvalue weighted by Gasteiger charge is 2.06. The van der Waals surface area contributed by atoms with Crippen molar-refractivity contribution in [2.45, 2.75) is 13.5 Å². The Labute approximate surface area is 70.1 Å². The number of nitrogens with two attached hydrogens (primary N) is 1. The molecular formula is C7H11N3O2. The van der Waals surface area contributed by atoms with Crippen molar-refractivity contribution in [3.05, 3.63) is 11.8 Å². The number of nitrogens with zero attached hydrogens (tertiary/aromatic N) is 2. The van der Waals surface area contributed by atoms with Crippen LogP contribution in [0.25, 0.3) is 0 Å². The molecule has 0 aliphatic heterocycles. The number of carbonyl (C=O) groups excluding carboxylic acids is 1. The first-order chi connectivity index (χ1) is 5.63. The van der Waals surface area contributed by atoms with Crippen LogP contribution in [0, 0.1) is 6.92 Å². The Morgan fingerprint density at radius 3 is 2.92 bits per heavy atom. The molecular weight excluding hydrogens is 158 g/mol. The maximum Gasteiger partial charge on any atom is 0.327 e. The molecule has 0 saturated carbocycles. The molecule has 0 bridgehead atoms. The van der Waals surface area contributed by atoms with E-state index in [1.165, 1.54) is 11.8 Å². The van der Waals surface area contributed by atoms with Gasteiger partial charge in [-0.25, -0.2) is 4.68 Å². The van der Waals surface area contributed by atoms with Gasteiger partial charge in [0.2, 0.25) is 0 Å². The number of rotatable bonds is 2. The number of anilines is 1. The second-order valence-electron chi connectivity index (χ2n) is 2.44. The Morgan fingerprint density at radius 2 is 2.50 bits per heavy atom. The Morgan fingerprint density at radius 1 is 1.83 bits per heavy atom. The molecule has 0 aliphatic carbocycles. The van der Waals surface area contributed by atoms with Crippen molar-refractivity contribution >= 4 is 11.8 Å². The van der Waals surface area contributed by atoms with Crippen LogP contribution < -0.4 is 5.73 Å². The van der Waals surface area contributed by atoms with Crippen molar-refractivity contribution < 1.29 is 9.53 Å². The van der Waals surface area contributed by atoms with E-state index in [1.807, 2.05) is 6.92 Å². The summed E-state index contributed by atoms with van der Waals surface area (Å²) in [6.07, 6.45) is 0. The molecule has 2 N–H and O–H groups in total. The van der Waals surface area contributed by atoms with Gasteiger partial charge in [-0.1, -0.05) is 0 Å². The highest BCUT2D eigenvalue weighted by Crippen LogP contribution is 2.04. The summed E-state index contributed by atoms with van der Waals surface area (Å²) in [6, 6.07) is 1.70. The van der Waals surface area contributed by atoms with Crippen molar-refractivity contribution in [2.24, 2.45) is 0 Å². The van der Waals surface area contributed by atoms with Crippen molar-refractivity contribution in [1.82, 2.24) is 9.78 Å². The minimum absolute atomic E-state index is 0.0656. The average molecular weight is 169 g/mol. The molecule has 1 aromatic rings. The number of methoxy groups -OCH3 is 1. The number of hydrogen-bond donors (Lipinski definition) is 1. The SMILES string of the molecule is COC(=O)Cn1nc(C)cc1N. The molecule has 1 heterocycles. The third kappa shape index (κ3) is 1.75. The number of nitrogen functional groups attached to an aromatic ring is 1. The molecule has 0 atom stereocenters. The summed E-state index contributed by atoms with van der Waals surface area (Å²) in [4.78, 5) is 10.8. The summed E-state index contributed by atoms with van der Waals surface area (Å²) in [7, 11) is 1.33. The van der Waals surface area contributed by atoms with E-state index < -0.39 is 0 Å². The minimum Gasteiger partial charge on any atom is -0.468 e. The zero-order chi connectivity index (χ0) is 9.14. The highest BCUT2D eigenvalue weighted by atomic mass is 16.5. The quantitative estimate of drug-likeness (QED) is 0.630. The predicted molar refractivity (Wildman–Crippen MR) is 43.4 cm³/mol. The van der Waals surface area contributed by atoms with Gasteiger partial charge in [-0.15, -0.1) is 0 Å². The van der Waals surface area contributed by atoms with E-state index in [0.29, 0.717) is 5.82 Å². The van der Waals surface area contributed by atoms with Gasteiger partial charge in [0.25, 0.3) is 0 Å². The minimum atomic E-state index is -0.357. The summed E-state index contributed by atoms with van der Waals surface area (Å²) in [6.45, 7) is 1.88. The Bertz CT molecular complexity index is 293. The van der Waals surface area contributed by atoms with Gasteiger partial charge < -0.3 is 10.5 Å². The largest absolute Gasteiger partial charge is 0.468 e. The lowest BCUT2D eigenvalue weighted by Gasteiger charge is -2.00. The molecule has 1 aromatic heterocycles. The predicted octanol–water partition coefficient (Wildman–Crippen LogP) is -0.0533. The van der Waals surface area contributed by atoms with Gasteiger partial charge in [0, 0.05) is 6.07 Å². The van der Waals surface area contributed by atoms with E-state index in [9.17, 15) is 4.79 Å². The van der Waals surface area contributed by atoms with E-state index >= 15 is 0 Å². The van der Waals surface area contributed by atoms with E-state index in [4.69, 9.17) is 5.73 Å². The number of hydrogen-bond acceptors (Lipinski definition) is 4. The monoisotopic (exact) mass is 169 g/mol. The fourth-order valence-electron chi connectivity index (χ4n) is 0.879. The van der Waals surface area contributed by atoms with Gasteiger partial charge in [0.1, 0.15) is 12.4 Å². The lowest BCUT2D eigenvalue weighted by atomic mass is 10.5. The Balaban J connectivity index is 2.75. The van der Waals surface area contributed by atoms with E-state index in [1.54, 1.807) is 6.07 Å². The molecule has 5 nitrogen and oxygen atoms in total. The van der Waals surface area contributed by atoms with Gasteiger partial charge in [-0.3, -0.25) is 4.79 Å². The first-order valence-corrected chi connectivity index (χ1v) is 3.50. The fraction of sp³-hybridized carbons (Fsp3) is 0.429. The molecule has 12 heavy (non-hydrogen) atoms. The molecule has 0 aromatic carbocycles. The second kappa shape index (κ2) is 3.25. The number of aromatic nitrogens is 2. The molecule has 0 spiro atoms. The maximum absolute atomic E-state index is 10.8. The van der Waals surface area contributed by atoms with Crippen LogP contribution in [0.15, 0.2) is 6.07 Å². The van der Waals surface area contributed by atoms with Crippen LogP contribution in [0.5, 0.6) is 0 Å². The van der Waals surface area contributed by atoms with Gasteiger partial charge in [0.05, 0.1) is 12.8 Å². The summed E-state index contributed by atoms with van der Waals surface area (Å²) >= 11 is 0. The molecule has 0 amide bonds. The lowest BCUT2D eigenvalue weighted by Crippen LogP contribution is -2.14. The Hall–Kier alpha value is -1.52. The summed E-state index contributed by atoms with van der Waals surface area (Å²) in [5.41, 5.74) is 6.33. The third-order valence-electron chi connectivity index (χ3n) is 1.44. The van der Waals surface area contributed by atoms with Crippen LogP contribution in [0.4, 0.5) is 5.82 Å². The van der Waals surface area contributed by atoms with Crippen molar-refractivity contribution in [1.29, 1.82) is 0 Å². The first kappa shape index (κ1) is 8.58. The number of aryl methyl sites for hydroxylation is 1. The van der Waals surface area contributed by atoms with E-state index in [-0.39, 0.29) is 12.5 Å². The Kier molecular flexibility index (Phi) is 2.32. The zero-order valence-corrected chi connectivity index (χ0v) is 7.07. The molecule has 5 heteroatoms. The smallest absolute Gasteiger partial charge is 0.327 e. The van der Waals surface area contributed by atoms with Crippen LogP contribution >= 0.6 is 0 Å². The second-order valence-corrected chi connectivity index (χ2v) is 2.44. The summed E-state index contributed by atoms with van der Waals surface area (Å²) < 4.78 is 5.87. The van der Waals surface area contributed by atoms with Crippen LogP contribution in [-0.4, -0.2) is 22.9 Å². The van der Waals surface area contributed by atoms with Gasteiger partial charge >= 0.3 is 5.97 Å². The standard InChI is InChI=1S/C7H11N3O2/c1-5-3-6(8)10(9-5)4-7(11)12-2/h3H,4,8H2,1-2H3. The molecule has 1 rings (SSSR count). The number of carbonyl (C=O) groups is 1. The molecule has 0 saturated heterocycles. The van der Waals surface area contributed by atoms with Gasteiger partial charge in [-0.05, 0) is 6.92 Å². The van der Waals surface area contributed by atoms with Crippen LogP contribution in [0.1, 0.15) is 5.69 Å². The fourth-order valence-corrected chi connectivity index (χ4v) is 0.879. The maximum atomic E-state index is 10.8. The first-order valence-electron chi connectivity index (χ1n) is 3.50. The van der Waals surface area contributed by atoms with Crippen molar-refractivity contribution in [3.8, 4) is 0 Å². The number of esters is 1. The summed E-state index contributed by atoms with van der Waals surface area (Å²) in [5, 5.41) is 3.99. The molecule has 0 radical (unpaired) electrons. The highest BCUT2D eigenvalue weighted by molar-refractivity contribution is 5.69. The zero-order valence-electron chi connectivity index (χ0n) is 7.07. The molecule has 0 aliphatic rings. The molecule has 0 unspecified atom stereocenters. The van der Waals surface area contributed by atoms with Crippen LogP contribution in [-0.2, 0) is 16.1 Å². The molecule has 66 valence electrons. The normalized spacial score (nSPS) is 9.83. The lowest BCUT2D eigenvalue weighted by molar-refractivity contribution is -0.141. The molecule has 0 fully saturated rings.